The van der Waals surface area contributed by atoms with E-state index in [0.717, 1.165) is 6.08 Å². The lowest BCUT2D eigenvalue weighted by molar-refractivity contribution is -0.205. The second kappa shape index (κ2) is 3.93. The summed E-state index contributed by atoms with van der Waals surface area (Å²) in [6.45, 7) is 2.59. The monoisotopic (exact) mass is 206 g/mol. The van der Waals surface area contributed by atoms with Crippen molar-refractivity contribution in [1.29, 1.82) is 0 Å². The van der Waals surface area contributed by atoms with Gasteiger partial charge in [-0.2, -0.15) is 0 Å². The van der Waals surface area contributed by atoms with Gasteiger partial charge in [0.05, 0.1) is 6.61 Å². The number of hydrogen-bond acceptors (Lipinski definition) is 6. The van der Waals surface area contributed by atoms with Crippen molar-refractivity contribution in [3.8, 4) is 0 Å². The first-order chi connectivity index (χ1) is 6.46. The SMILES string of the molecule is C=CC1(O)O[C@@H]([C@H](O)CO)[C@H](O)[C@H]1O. The molecule has 6 heteroatoms. The molecule has 0 aromatic carbocycles. The minimum Gasteiger partial charge on any atom is -0.394 e. The van der Waals surface area contributed by atoms with Crippen molar-refractivity contribution in [3.63, 3.8) is 0 Å². The fraction of sp³-hybridized carbons (Fsp3) is 0.750. The molecule has 0 saturated carbocycles. The summed E-state index contributed by atoms with van der Waals surface area (Å²) in [5.41, 5.74) is 0. The van der Waals surface area contributed by atoms with Crippen LogP contribution in [-0.2, 0) is 4.74 Å². The van der Waals surface area contributed by atoms with Crippen molar-refractivity contribution in [2.75, 3.05) is 6.61 Å². The van der Waals surface area contributed by atoms with Crippen LogP contribution < -0.4 is 0 Å². The molecule has 0 aliphatic carbocycles. The van der Waals surface area contributed by atoms with Crippen molar-refractivity contribution in [3.05, 3.63) is 12.7 Å². The van der Waals surface area contributed by atoms with E-state index in [2.05, 4.69) is 6.58 Å². The van der Waals surface area contributed by atoms with Gasteiger partial charge in [-0.25, -0.2) is 0 Å². The molecule has 1 rings (SSSR count). The Morgan fingerprint density at radius 1 is 1.50 bits per heavy atom. The summed E-state index contributed by atoms with van der Waals surface area (Å²) in [5.74, 6) is -2.08. The van der Waals surface area contributed by atoms with E-state index in [9.17, 15) is 20.4 Å². The van der Waals surface area contributed by atoms with Crippen LogP contribution >= 0.6 is 0 Å². The van der Waals surface area contributed by atoms with Gasteiger partial charge in [0.2, 0.25) is 5.79 Å². The maximum absolute atomic E-state index is 9.51. The Balaban J connectivity index is 2.81. The summed E-state index contributed by atoms with van der Waals surface area (Å²) < 4.78 is 4.80. The Bertz CT molecular complexity index is 220. The fourth-order valence-electron chi connectivity index (χ4n) is 1.36. The van der Waals surface area contributed by atoms with Crippen LogP contribution in [0.5, 0.6) is 0 Å². The molecule has 1 aliphatic heterocycles. The van der Waals surface area contributed by atoms with E-state index in [1.807, 2.05) is 0 Å². The maximum Gasteiger partial charge on any atom is 0.215 e. The van der Waals surface area contributed by atoms with Crippen LogP contribution in [0.4, 0.5) is 0 Å². The van der Waals surface area contributed by atoms with Gasteiger partial charge in [0.1, 0.15) is 24.4 Å². The van der Waals surface area contributed by atoms with Gasteiger partial charge >= 0.3 is 0 Å². The van der Waals surface area contributed by atoms with E-state index in [1.165, 1.54) is 0 Å². The van der Waals surface area contributed by atoms with E-state index in [1.54, 1.807) is 0 Å². The van der Waals surface area contributed by atoms with Crippen molar-refractivity contribution in [2.24, 2.45) is 0 Å². The van der Waals surface area contributed by atoms with E-state index >= 15 is 0 Å². The molecule has 0 aromatic rings. The molecule has 1 aliphatic rings. The van der Waals surface area contributed by atoms with Crippen LogP contribution in [-0.4, -0.2) is 62.3 Å². The van der Waals surface area contributed by atoms with Gasteiger partial charge in [0, 0.05) is 0 Å². The van der Waals surface area contributed by atoms with Gasteiger partial charge < -0.3 is 30.3 Å². The van der Waals surface area contributed by atoms with E-state index < -0.39 is 36.8 Å². The molecule has 14 heavy (non-hydrogen) atoms. The van der Waals surface area contributed by atoms with Crippen molar-refractivity contribution in [2.45, 2.75) is 30.2 Å². The van der Waals surface area contributed by atoms with Crippen LogP contribution in [0.1, 0.15) is 0 Å². The summed E-state index contributed by atoms with van der Waals surface area (Å²) in [4.78, 5) is 0. The van der Waals surface area contributed by atoms with Gasteiger partial charge in [-0.3, -0.25) is 0 Å². The first kappa shape index (κ1) is 11.6. The second-order valence-electron chi connectivity index (χ2n) is 3.22. The highest BCUT2D eigenvalue weighted by atomic mass is 16.7. The van der Waals surface area contributed by atoms with Gasteiger partial charge in [-0.05, 0) is 6.08 Å². The smallest absolute Gasteiger partial charge is 0.215 e. The molecular weight excluding hydrogens is 192 g/mol. The van der Waals surface area contributed by atoms with E-state index in [4.69, 9.17) is 9.84 Å². The molecule has 0 amide bonds. The number of rotatable bonds is 3. The molecule has 0 spiro atoms. The lowest BCUT2D eigenvalue weighted by Crippen LogP contribution is -2.42. The van der Waals surface area contributed by atoms with Crippen molar-refractivity contribution >= 4 is 0 Å². The van der Waals surface area contributed by atoms with Crippen LogP contribution in [0.2, 0.25) is 0 Å². The molecule has 6 nitrogen and oxygen atoms in total. The molecule has 1 fully saturated rings. The molecule has 0 aromatic heterocycles. The molecule has 0 radical (unpaired) electrons. The number of aliphatic hydroxyl groups is 5. The van der Waals surface area contributed by atoms with Gasteiger partial charge in [-0.15, -0.1) is 0 Å². The van der Waals surface area contributed by atoms with Crippen LogP contribution in [0.25, 0.3) is 0 Å². The summed E-state index contributed by atoms with van der Waals surface area (Å²) in [6, 6.07) is 0. The van der Waals surface area contributed by atoms with E-state index in [-0.39, 0.29) is 0 Å². The zero-order chi connectivity index (χ0) is 10.9. The van der Waals surface area contributed by atoms with Crippen LogP contribution in [0.3, 0.4) is 0 Å². The molecule has 1 heterocycles. The quantitative estimate of drug-likeness (QED) is 0.322. The Hall–Kier alpha value is -0.500. The molecule has 82 valence electrons. The molecule has 5 N–H and O–H groups in total. The topological polar surface area (TPSA) is 110 Å². The Morgan fingerprint density at radius 3 is 2.43 bits per heavy atom. The third-order valence-corrected chi connectivity index (χ3v) is 2.27. The molecule has 1 saturated heterocycles. The minimum atomic E-state index is -2.08. The fourth-order valence-corrected chi connectivity index (χ4v) is 1.36. The maximum atomic E-state index is 9.51. The highest BCUT2D eigenvalue weighted by Crippen LogP contribution is 2.31. The Kier molecular flexibility index (Phi) is 3.25. The highest BCUT2D eigenvalue weighted by molar-refractivity contribution is 5.05. The Labute approximate surface area is 80.7 Å². The Morgan fingerprint density at radius 2 is 2.07 bits per heavy atom. The summed E-state index contributed by atoms with van der Waals surface area (Å²) >= 11 is 0. The summed E-state index contributed by atoms with van der Waals surface area (Å²) in [5, 5.41) is 46.0. The summed E-state index contributed by atoms with van der Waals surface area (Å²) in [7, 11) is 0. The van der Waals surface area contributed by atoms with Crippen LogP contribution in [0, 0.1) is 0 Å². The van der Waals surface area contributed by atoms with Crippen molar-refractivity contribution < 1.29 is 30.3 Å². The van der Waals surface area contributed by atoms with Crippen molar-refractivity contribution in [1.82, 2.24) is 0 Å². The zero-order valence-corrected chi connectivity index (χ0v) is 7.45. The lowest BCUT2D eigenvalue weighted by Gasteiger charge is -2.21. The molecule has 5 atom stereocenters. The third-order valence-electron chi connectivity index (χ3n) is 2.27. The average molecular weight is 206 g/mol. The zero-order valence-electron chi connectivity index (χ0n) is 7.45. The molecular formula is C8H14O6. The lowest BCUT2D eigenvalue weighted by atomic mass is 10.0. The number of ether oxygens (including phenoxy) is 1. The predicted octanol–water partition coefficient (Wildman–Crippen LogP) is -2.67. The molecule has 0 bridgehead atoms. The first-order valence-corrected chi connectivity index (χ1v) is 4.15. The molecule has 1 unspecified atom stereocenters. The largest absolute Gasteiger partial charge is 0.394 e. The normalized spacial score (nSPS) is 45.1. The third kappa shape index (κ3) is 1.68. The summed E-state index contributed by atoms with van der Waals surface area (Å²) in [6.07, 6.45) is -4.75. The first-order valence-electron chi connectivity index (χ1n) is 4.15. The average Bonchev–Trinajstić information content (AvgIpc) is 2.43. The van der Waals surface area contributed by atoms with Gasteiger partial charge in [-0.1, -0.05) is 6.58 Å². The number of aliphatic hydroxyl groups excluding tert-OH is 4. The van der Waals surface area contributed by atoms with Gasteiger partial charge in [0.15, 0.2) is 0 Å². The number of hydrogen-bond donors (Lipinski definition) is 5. The standard InChI is InChI=1S/C8H14O6/c1-2-8(13)7(12)5(11)6(14-8)4(10)3-9/h2,4-7,9-13H,1,3H2/t4-,5+,6+,7-,8?/m1/s1. The van der Waals surface area contributed by atoms with Gasteiger partial charge in [0.25, 0.3) is 0 Å². The van der Waals surface area contributed by atoms with E-state index in [0.29, 0.717) is 0 Å². The predicted molar refractivity (Wildman–Crippen MR) is 45.1 cm³/mol. The minimum absolute atomic E-state index is 0.637. The van der Waals surface area contributed by atoms with Crippen LogP contribution in [0.15, 0.2) is 12.7 Å². The second-order valence-corrected chi connectivity index (χ2v) is 3.22. The highest BCUT2D eigenvalue weighted by Gasteiger charge is 2.53.